The zero-order valence-corrected chi connectivity index (χ0v) is 10.2. The summed E-state index contributed by atoms with van der Waals surface area (Å²) in [6.45, 7) is 3.62. The number of quaternary nitrogens is 1. The zero-order chi connectivity index (χ0) is 12.3. The summed E-state index contributed by atoms with van der Waals surface area (Å²) >= 11 is 0. The number of carbonyl (C=O) groups is 1. The molecule has 1 saturated heterocycles. The van der Waals surface area contributed by atoms with Gasteiger partial charge in [0.2, 0.25) is 5.78 Å². The van der Waals surface area contributed by atoms with Crippen LogP contribution in [0.25, 0.3) is 0 Å². The van der Waals surface area contributed by atoms with E-state index in [0.717, 1.165) is 6.54 Å². The molecule has 1 aromatic carbocycles. The molecule has 1 aliphatic heterocycles. The third-order valence-electron chi connectivity index (χ3n) is 3.64. The van der Waals surface area contributed by atoms with Gasteiger partial charge >= 0.3 is 0 Å². The number of nitrogens with one attached hydrogen (secondary N) is 1. The molecule has 0 bridgehead atoms. The Labute approximate surface area is 101 Å². The lowest BCUT2D eigenvalue weighted by molar-refractivity contribution is -0.920. The zero-order valence-electron chi connectivity index (χ0n) is 10.2. The Balaban J connectivity index is 2.04. The normalized spacial score (nSPS) is 24.6. The topological polar surface area (TPSA) is 21.5 Å². The Morgan fingerprint density at radius 3 is 2.88 bits per heavy atom. The number of carbonyl (C=O) groups excluding carboxylic acids is 1. The van der Waals surface area contributed by atoms with Crippen molar-refractivity contribution >= 4 is 5.78 Å². The van der Waals surface area contributed by atoms with E-state index >= 15 is 0 Å². The molecule has 0 amide bonds. The van der Waals surface area contributed by atoms with E-state index in [-0.39, 0.29) is 11.3 Å². The minimum atomic E-state index is -0.401. The van der Waals surface area contributed by atoms with E-state index in [1.807, 2.05) is 0 Å². The van der Waals surface area contributed by atoms with Crippen molar-refractivity contribution in [2.24, 2.45) is 0 Å². The molecule has 0 aliphatic carbocycles. The van der Waals surface area contributed by atoms with E-state index in [2.05, 4.69) is 6.92 Å². The van der Waals surface area contributed by atoms with Crippen molar-refractivity contribution < 1.29 is 14.1 Å². The van der Waals surface area contributed by atoms with Gasteiger partial charge < -0.3 is 4.90 Å². The van der Waals surface area contributed by atoms with Gasteiger partial charge in [-0.05, 0) is 38.3 Å². The predicted octanol–water partition coefficient (Wildman–Crippen LogP) is 1.47. The van der Waals surface area contributed by atoms with Gasteiger partial charge in [-0.3, -0.25) is 4.79 Å². The maximum Gasteiger partial charge on any atom is 0.219 e. The fourth-order valence-corrected chi connectivity index (χ4v) is 2.50. The van der Waals surface area contributed by atoms with Gasteiger partial charge in [0.15, 0.2) is 0 Å². The standard InChI is InChI=1S/C14H18FNO/c1-11-6-4-5-9-16(11)10-14(17)12-7-2-3-8-13(12)15/h2-3,7-8,11H,4-6,9-10H2,1H3/p+1/t11-/m1/s1. The second-order valence-corrected chi connectivity index (χ2v) is 4.88. The first-order valence-electron chi connectivity index (χ1n) is 6.31. The molecular weight excluding hydrogens is 217 g/mol. The van der Waals surface area contributed by atoms with Crippen molar-refractivity contribution in [2.45, 2.75) is 32.2 Å². The molecule has 0 radical (unpaired) electrons. The molecule has 3 heteroatoms. The second-order valence-electron chi connectivity index (χ2n) is 4.88. The van der Waals surface area contributed by atoms with E-state index in [1.165, 1.54) is 30.2 Å². The number of halogens is 1. The second kappa shape index (κ2) is 5.41. The van der Waals surface area contributed by atoms with Crippen molar-refractivity contribution in [3.63, 3.8) is 0 Å². The van der Waals surface area contributed by atoms with Crippen molar-refractivity contribution in [2.75, 3.05) is 13.1 Å². The largest absolute Gasteiger partial charge is 0.326 e. The summed E-state index contributed by atoms with van der Waals surface area (Å²) in [7, 11) is 0. The minimum Gasteiger partial charge on any atom is -0.326 e. The molecule has 1 aromatic rings. The minimum absolute atomic E-state index is 0.0770. The SMILES string of the molecule is C[C@@H]1CCCC[NH+]1CC(=O)c1ccccc1F. The number of rotatable bonds is 3. The first kappa shape index (κ1) is 12.2. The fraction of sp³-hybridized carbons (Fsp3) is 0.500. The van der Waals surface area contributed by atoms with Gasteiger partial charge in [0.25, 0.3) is 0 Å². The number of ketones is 1. The van der Waals surface area contributed by atoms with Crippen LogP contribution in [-0.4, -0.2) is 24.9 Å². The molecule has 2 atom stereocenters. The molecular formula is C14H19FNO+. The molecule has 1 N–H and O–H groups in total. The fourth-order valence-electron chi connectivity index (χ4n) is 2.50. The molecule has 2 nitrogen and oxygen atoms in total. The molecule has 0 aromatic heterocycles. The summed E-state index contributed by atoms with van der Waals surface area (Å²) < 4.78 is 13.5. The van der Waals surface area contributed by atoms with Gasteiger partial charge in [-0.25, -0.2) is 4.39 Å². The maximum absolute atomic E-state index is 13.5. The maximum atomic E-state index is 13.5. The smallest absolute Gasteiger partial charge is 0.219 e. The van der Waals surface area contributed by atoms with Crippen LogP contribution in [0.4, 0.5) is 4.39 Å². The number of hydrogen-bond acceptors (Lipinski definition) is 1. The van der Waals surface area contributed by atoms with Crippen molar-refractivity contribution in [1.29, 1.82) is 0 Å². The number of likely N-dealkylation sites (tertiary alicyclic amines) is 1. The predicted molar refractivity (Wildman–Crippen MR) is 64.7 cm³/mol. The monoisotopic (exact) mass is 236 g/mol. The molecule has 17 heavy (non-hydrogen) atoms. The highest BCUT2D eigenvalue weighted by atomic mass is 19.1. The summed E-state index contributed by atoms with van der Waals surface area (Å²) in [6, 6.07) is 6.77. The highest BCUT2D eigenvalue weighted by Gasteiger charge is 2.25. The van der Waals surface area contributed by atoms with Crippen LogP contribution >= 0.6 is 0 Å². The summed E-state index contributed by atoms with van der Waals surface area (Å²) in [5, 5.41) is 0. The number of piperidine rings is 1. The highest BCUT2D eigenvalue weighted by Crippen LogP contribution is 2.07. The van der Waals surface area contributed by atoms with Crippen LogP contribution in [0.1, 0.15) is 36.5 Å². The number of benzene rings is 1. The van der Waals surface area contributed by atoms with Gasteiger partial charge in [0.05, 0.1) is 18.2 Å². The van der Waals surface area contributed by atoms with Crippen LogP contribution in [0, 0.1) is 5.82 Å². The van der Waals surface area contributed by atoms with Crippen molar-refractivity contribution in [1.82, 2.24) is 0 Å². The molecule has 92 valence electrons. The van der Waals surface area contributed by atoms with Gasteiger partial charge in [-0.1, -0.05) is 12.1 Å². The van der Waals surface area contributed by atoms with Crippen LogP contribution in [0.3, 0.4) is 0 Å². The molecule has 2 rings (SSSR count). The summed E-state index contributed by atoms with van der Waals surface area (Å²) in [6.07, 6.45) is 3.59. The third-order valence-corrected chi connectivity index (χ3v) is 3.64. The molecule has 1 fully saturated rings. The van der Waals surface area contributed by atoms with Crippen LogP contribution in [0.5, 0.6) is 0 Å². The Morgan fingerprint density at radius 1 is 1.41 bits per heavy atom. The van der Waals surface area contributed by atoms with Crippen LogP contribution < -0.4 is 4.90 Å². The van der Waals surface area contributed by atoms with E-state index < -0.39 is 5.82 Å². The van der Waals surface area contributed by atoms with Gasteiger partial charge in [0, 0.05) is 0 Å². The molecule has 1 unspecified atom stereocenters. The van der Waals surface area contributed by atoms with Crippen molar-refractivity contribution in [3.05, 3.63) is 35.6 Å². The Morgan fingerprint density at radius 2 is 2.18 bits per heavy atom. The van der Waals surface area contributed by atoms with E-state index in [1.54, 1.807) is 18.2 Å². The molecule has 1 heterocycles. The average Bonchev–Trinajstić information content (AvgIpc) is 2.32. The molecule has 0 saturated carbocycles. The lowest BCUT2D eigenvalue weighted by atomic mass is 10.0. The van der Waals surface area contributed by atoms with E-state index in [9.17, 15) is 9.18 Å². The number of hydrogen-bond donors (Lipinski definition) is 1. The summed E-state index contributed by atoms with van der Waals surface area (Å²) in [5.74, 6) is -0.478. The van der Waals surface area contributed by atoms with E-state index in [0.29, 0.717) is 12.6 Å². The quantitative estimate of drug-likeness (QED) is 0.788. The number of Topliss-reactive ketones (excluding diaryl/α,β-unsaturated/α-hetero) is 1. The van der Waals surface area contributed by atoms with Crippen LogP contribution in [0.15, 0.2) is 24.3 Å². The Hall–Kier alpha value is -1.22. The third kappa shape index (κ3) is 2.91. The van der Waals surface area contributed by atoms with E-state index in [4.69, 9.17) is 0 Å². The first-order valence-corrected chi connectivity index (χ1v) is 6.31. The summed E-state index contributed by atoms with van der Waals surface area (Å²) in [5.41, 5.74) is 0.234. The lowest BCUT2D eigenvalue weighted by Crippen LogP contribution is -3.16. The Bertz CT molecular complexity index is 405. The van der Waals surface area contributed by atoms with Crippen molar-refractivity contribution in [3.8, 4) is 0 Å². The van der Waals surface area contributed by atoms with Crippen LogP contribution in [0.2, 0.25) is 0 Å². The lowest BCUT2D eigenvalue weighted by Gasteiger charge is -2.29. The highest BCUT2D eigenvalue weighted by molar-refractivity contribution is 5.97. The van der Waals surface area contributed by atoms with Gasteiger partial charge in [-0.2, -0.15) is 0 Å². The Kier molecular flexibility index (Phi) is 3.89. The van der Waals surface area contributed by atoms with Gasteiger partial charge in [-0.15, -0.1) is 0 Å². The van der Waals surface area contributed by atoms with Gasteiger partial charge in [0.1, 0.15) is 12.4 Å². The summed E-state index contributed by atoms with van der Waals surface area (Å²) in [4.78, 5) is 13.3. The first-order chi connectivity index (χ1) is 8.18. The average molecular weight is 236 g/mol. The van der Waals surface area contributed by atoms with Crippen LogP contribution in [-0.2, 0) is 0 Å². The molecule has 0 spiro atoms. The molecule has 1 aliphatic rings.